The molecule has 116 valence electrons. The number of aliphatic carboxylic acids is 1. The molecule has 3 heterocycles. The number of hydrogen-bond acceptors (Lipinski definition) is 3. The number of rotatable bonds is 1. The summed E-state index contributed by atoms with van der Waals surface area (Å²) in [5.41, 5.74) is 0. The second-order valence-electron chi connectivity index (χ2n) is 6.00. The minimum absolute atomic E-state index is 0.00138. The van der Waals surface area contributed by atoms with E-state index in [0.717, 1.165) is 0 Å². The summed E-state index contributed by atoms with van der Waals surface area (Å²) in [6.45, 7) is 4.32. The van der Waals surface area contributed by atoms with Crippen molar-refractivity contribution >= 4 is 18.0 Å². The highest BCUT2D eigenvalue weighted by Gasteiger charge is 2.43. The van der Waals surface area contributed by atoms with Gasteiger partial charge in [-0.2, -0.15) is 0 Å². The zero-order valence-corrected chi connectivity index (χ0v) is 12.0. The minimum Gasteiger partial charge on any atom is -0.480 e. The number of carboxylic acid groups (broad SMARTS) is 1. The quantitative estimate of drug-likeness (QED) is 0.689. The smallest absolute Gasteiger partial charge is 0.326 e. The van der Waals surface area contributed by atoms with Gasteiger partial charge in [-0.3, -0.25) is 0 Å². The first-order valence-electron chi connectivity index (χ1n) is 7.32. The Morgan fingerprint density at radius 1 is 1.29 bits per heavy atom. The summed E-state index contributed by atoms with van der Waals surface area (Å²) in [6.07, 6.45) is 0.714. The Kier molecular flexibility index (Phi) is 3.38. The Labute approximate surface area is 122 Å². The first kappa shape index (κ1) is 14.0. The van der Waals surface area contributed by atoms with Crippen LogP contribution in [-0.2, 0) is 4.79 Å². The van der Waals surface area contributed by atoms with E-state index in [1.165, 1.54) is 4.90 Å². The van der Waals surface area contributed by atoms with Crippen LogP contribution in [0, 0.1) is 5.92 Å². The molecule has 0 aromatic carbocycles. The Morgan fingerprint density at radius 3 is 2.76 bits per heavy atom. The number of nitrogens with zero attached hydrogens (tertiary/aromatic N) is 3. The number of likely N-dealkylation sites (tertiary alicyclic amines) is 1. The van der Waals surface area contributed by atoms with E-state index in [1.807, 2.05) is 6.92 Å². The van der Waals surface area contributed by atoms with Gasteiger partial charge in [0.15, 0.2) is 0 Å². The second kappa shape index (κ2) is 5.09. The van der Waals surface area contributed by atoms with Crippen LogP contribution in [-0.4, -0.2) is 82.6 Å². The van der Waals surface area contributed by atoms with Gasteiger partial charge in [-0.25, -0.2) is 14.4 Å². The summed E-state index contributed by atoms with van der Waals surface area (Å²) in [6, 6.07) is -1.03. The molecule has 3 rings (SSSR count). The Morgan fingerprint density at radius 2 is 2.05 bits per heavy atom. The zero-order chi connectivity index (χ0) is 15.1. The predicted octanol–water partition coefficient (Wildman–Crippen LogP) is -0.389. The van der Waals surface area contributed by atoms with Crippen LogP contribution in [0.2, 0.25) is 0 Å². The SMILES string of the molecule is CC1CCN(C(=O)N2CCN3C(=O)NCC3C2)C1C(=O)O. The number of urea groups is 2. The van der Waals surface area contributed by atoms with Crippen molar-refractivity contribution in [2.24, 2.45) is 5.92 Å². The number of amides is 4. The monoisotopic (exact) mass is 296 g/mol. The lowest BCUT2D eigenvalue weighted by atomic mass is 10.0. The van der Waals surface area contributed by atoms with Gasteiger partial charge in [0.1, 0.15) is 6.04 Å². The van der Waals surface area contributed by atoms with Crippen molar-refractivity contribution < 1.29 is 19.5 Å². The molecule has 4 amide bonds. The van der Waals surface area contributed by atoms with Gasteiger partial charge in [-0.05, 0) is 12.3 Å². The average molecular weight is 296 g/mol. The molecule has 0 aliphatic carbocycles. The molecule has 0 saturated carbocycles. The lowest BCUT2D eigenvalue weighted by molar-refractivity contribution is -0.142. The van der Waals surface area contributed by atoms with Gasteiger partial charge in [-0.15, -0.1) is 0 Å². The zero-order valence-electron chi connectivity index (χ0n) is 12.0. The molecule has 0 bridgehead atoms. The molecule has 8 heteroatoms. The van der Waals surface area contributed by atoms with Gasteiger partial charge in [0, 0.05) is 32.7 Å². The van der Waals surface area contributed by atoms with E-state index in [4.69, 9.17) is 0 Å². The van der Waals surface area contributed by atoms with Crippen LogP contribution >= 0.6 is 0 Å². The lowest BCUT2D eigenvalue weighted by Gasteiger charge is -2.39. The fourth-order valence-corrected chi connectivity index (χ4v) is 3.50. The fraction of sp³-hybridized carbons (Fsp3) is 0.769. The lowest BCUT2D eigenvalue weighted by Crippen LogP contribution is -2.58. The number of carboxylic acids is 1. The number of carbonyl (C=O) groups excluding carboxylic acids is 2. The van der Waals surface area contributed by atoms with Gasteiger partial charge >= 0.3 is 18.0 Å². The Balaban J connectivity index is 1.68. The number of nitrogens with one attached hydrogen (secondary N) is 1. The van der Waals surface area contributed by atoms with Crippen molar-refractivity contribution in [3.63, 3.8) is 0 Å². The van der Waals surface area contributed by atoms with E-state index in [1.54, 1.807) is 9.80 Å². The van der Waals surface area contributed by atoms with Crippen molar-refractivity contribution in [2.75, 3.05) is 32.7 Å². The largest absolute Gasteiger partial charge is 0.480 e. The third-order valence-corrected chi connectivity index (χ3v) is 4.70. The van der Waals surface area contributed by atoms with E-state index >= 15 is 0 Å². The van der Waals surface area contributed by atoms with Gasteiger partial charge < -0.3 is 25.1 Å². The summed E-state index contributed by atoms with van der Waals surface area (Å²) in [4.78, 5) is 40.4. The summed E-state index contributed by atoms with van der Waals surface area (Å²) in [5.74, 6) is -0.966. The van der Waals surface area contributed by atoms with Crippen molar-refractivity contribution in [3.8, 4) is 0 Å². The molecule has 21 heavy (non-hydrogen) atoms. The fourth-order valence-electron chi connectivity index (χ4n) is 3.50. The standard InChI is InChI=1S/C13H20N4O4/c1-8-2-3-17(10(8)11(18)19)13(21)15-4-5-16-9(7-15)6-14-12(16)20/h8-10H,2-7H2,1H3,(H,14,20)(H,18,19). The van der Waals surface area contributed by atoms with Crippen LogP contribution in [0.15, 0.2) is 0 Å². The van der Waals surface area contributed by atoms with E-state index in [-0.39, 0.29) is 24.0 Å². The number of piperazine rings is 1. The highest BCUT2D eigenvalue weighted by atomic mass is 16.4. The first-order chi connectivity index (χ1) is 9.99. The average Bonchev–Trinajstić information content (AvgIpc) is 3.01. The molecule has 3 saturated heterocycles. The van der Waals surface area contributed by atoms with Crippen LogP contribution < -0.4 is 5.32 Å². The molecule has 3 aliphatic heterocycles. The van der Waals surface area contributed by atoms with E-state index < -0.39 is 12.0 Å². The maximum Gasteiger partial charge on any atom is 0.326 e. The van der Waals surface area contributed by atoms with Crippen LogP contribution in [0.4, 0.5) is 9.59 Å². The van der Waals surface area contributed by atoms with Crippen molar-refractivity contribution in [2.45, 2.75) is 25.4 Å². The van der Waals surface area contributed by atoms with Gasteiger partial charge in [0.2, 0.25) is 0 Å². The molecule has 2 N–H and O–H groups in total. The van der Waals surface area contributed by atoms with Crippen LogP contribution in [0.3, 0.4) is 0 Å². The molecule has 0 aromatic rings. The number of carbonyl (C=O) groups is 3. The van der Waals surface area contributed by atoms with Gasteiger partial charge in [0.25, 0.3) is 0 Å². The van der Waals surface area contributed by atoms with Gasteiger partial charge in [0.05, 0.1) is 6.04 Å². The van der Waals surface area contributed by atoms with Crippen molar-refractivity contribution in [1.82, 2.24) is 20.0 Å². The van der Waals surface area contributed by atoms with Crippen LogP contribution in [0.25, 0.3) is 0 Å². The minimum atomic E-state index is -0.940. The molecule has 3 aliphatic rings. The van der Waals surface area contributed by atoms with Crippen molar-refractivity contribution in [1.29, 1.82) is 0 Å². The first-order valence-corrected chi connectivity index (χ1v) is 7.32. The maximum absolute atomic E-state index is 12.6. The predicted molar refractivity (Wildman–Crippen MR) is 72.8 cm³/mol. The highest BCUT2D eigenvalue weighted by molar-refractivity contribution is 5.84. The van der Waals surface area contributed by atoms with E-state index in [9.17, 15) is 19.5 Å². The van der Waals surface area contributed by atoms with E-state index in [0.29, 0.717) is 39.1 Å². The summed E-state index contributed by atoms with van der Waals surface area (Å²) < 4.78 is 0. The molecule has 0 aromatic heterocycles. The second-order valence-corrected chi connectivity index (χ2v) is 6.00. The summed E-state index contributed by atoms with van der Waals surface area (Å²) >= 11 is 0. The highest BCUT2D eigenvalue weighted by Crippen LogP contribution is 2.26. The molecule has 0 spiro atoms. The topological polar surface area (TPSA) is 93.2 Å². The third-order valence-electron chi connectivity index (χ3n) is 4.70. The molecule has 3 unspecified atom stereocenters. The molecule has 0 radical (unpaired) electrons. The van der Waals surface area contributed by atoms with Crippen molar-refractivity contribution in [3.05, 3.63) is 0 Å². The number of hydrogen-bond donors (Lipinski definition) is 2. The summed E-state index contributed by atoms with van der Waals surface area (Å²) in [7, 11) is 0. The Bertz CT molecular complexity index is 483. The molecule has 3 fully saturated rings. The number of fused-ring (bicyclic) bond motifs is 1. The molecular formula is C13H20N4O4. The van der Waals surface area contributed by atoms with Crippen LogP contribution in [0.1, 0.15) is 13.3 Å². The third kappa shape index (κ3) is 2.28. The van der Waals surface area contributed by atoms with Gasteiger partial charge in [-0.1, -0.05) is 6.92 Å². The normalized spacial score (nSPS) is 32.1. The molecule has 8 nitrogen and oxygen atoms in total. The molecular weight excluding hydrogens is 276 g/mol. The Hall–Kier alpha value is -1.99. The van der Waals surface area contributed by atoms with E-state index in [2.05, 4.69) is 5.32 Å². The summed E-state index contributed by atoms with van der Waals surface area (Å²) in [5, 5.41) is 12.1. The van der Waals surface area contributed by atoms with Crippen LogP contribution in [0.5, 0.6) is 0 Å². The molecule has 3 atom stereocenters. The maximum atomic E-state index is 12.6.